The smallest absolute Gasteiger partial charge is 0.376 e. The van der Waals surface area contributed by atoms with Crippen LogP contribution in [-0.4, -0.2) is 33.6 Å². The average molecular weight is 387 g/mol. The molecule has 0 atom stereocenters. The molecule has 0 unspecified atom stereocenters. The van der Waals surface area contributed by atoms with E-state index in [9.17, 15) is 23.5 Å². The topological polar surface area (TPSA) is 88.8 Å². The molecule has 0 saturated heterocycles. The lowest BCUT2D eigenvalue weighted by Crippen LogP contribution is -2.09. The summed E-state index contributed by atoms with van der Waals surface area (Å²) in [4.78, 5) is 22.2. The summed E-state index contributed by atoms with van der Waals surface area (Å²) < 4.78 is 33.9. The summed E-state index contributed by atoms with van der Waals surface area (Å²) in [6, 6.07) is 8.14. The molecule has 6 nitrogen and oxygen atoms in total. The Balaban J connectivity index is 2.17. The average Bonchev–Trinajstić information content (AvgIpc) is 2.99. The van der Waals surface area contributed by atoms with Gasteiger partial charge in [-0.05, 0) is 29.8 Å². The van der Waals surface area contributed by atoms with Gasteiger partial charge in [0, 0.05) is 30.4 Å². The number of benzene rings is 2. The Kier molecular flexibility index (Phi) is 5.12. The van der Waals surface area contributed by atoms with Crippen molar-refractivity contribution in [3.8, 4) is 5.75 Å². The van der Waals surface area contributed by atoms with Crippen molar-refractivity contribution in [2.24, 2.45) is 0 Å². The van der Waals surface area contributed by atoms with Crippen molar-refractivity contribution in [3.63, 3.8) is 0 Å². The first-order valence-corrected chi connectivity index (χ1v) is 8.09. The van der Waals surface area contributed by atoms with Crippen LogP contribution in [0.1, 0.15) is 11.1 Å². The zero-order valence-electron chi connectivity index (χ0n) is 14.6. The number of nitrogens with zero attached hydrogens (tertiary/aromatic N) is 1. The summed E-state index contributed by atoms with van der Waals surface area (Å²) >= 11 is 0. The van der Waals surface area contributed by atoms with Crippen molar-refractivity contribution in [2.75, 3.05) is 7.11 Å². The molecule has 28 heavy (non-hydrogen) atoms. The van der Waals surface area contributed by atoms with Gasteiger partial charge in [0.1, 0.15) is 23.1 Å². The number of carboxylic acids is 1. The second-order valence-corrected chi connectivity index (χ2v) is 6.00. The van der Waals surface area contributed by atoms with Gasteiger partial charge in [-0.2, -0.15) is 0 Å². The molecule has 0 saturated carbocycles. The molecule has 1 aromatic heterocycles. The number of halogens is 2. The fourth-order valence-corrected chi connectivity index (χ4v) is 2.98. The number of methoxy groups -OCH3 is 1. The minimum atomic E-state index is -1.71. The molecule has 0 amide bonds. The van der Waals surface area contributed by atoms with Gasteiger partial charge in [0.05, 0.1) is 18.0 Å². The number of ketones is 1. The predicted octanol–water partition coefficient (Wildman–Crippen LogP) is 3.53. The Morgan fingerprint density at radius 2 is 1.82 bits per heavy atom. The van der Waals surface area contributed by atoms with Gasteiger partial charge < -0.3 is 19.5 Å². The lowest BCUT2D eigenvalue weighted by Gasteiger charge is -2.07. The molecule has 0 spiro atoms. The number of hydrogen-bond donors (Lipinski definition) is 2. The van der Waals surface area contributed by atoms with E-state index in [0.717, 1.165) is 6.07 Å². The lowest BCUT2D eigenvalue weighted by molar-refractivity contribution is -0.146. The molecular weight excluding hydrogens is 372 g/mol. The van der Waals surface area contributed by atoms with E-state index in [0.29, 0.717) is 28.3 Å². The normalized spacial score (nSPS) is 11.6. The SMILES string of the molecule is COc1cccc2c1c(/C(O)=C\C(=O)C(=O)O)cn2Cc1cc(F)cc(F)c1. The summed E-state index contributed by atoms with van der Waals surface area (Å²) in [5.74, 6) is -4.64. The van der Waals surface area contributed by atoms with Crippen LogP contribution in [0.4, 0.5) is 8.78 Å². The van der Waals surface area contributed by atoms with Crippen LogP contribution in [-0.2, 0) is 16.1 Å². The standard InChI is InChI=1S/C20H15F2NO5/c1-28-18-4-2-3-15-19(18)14(16(24)8-17(25)20(26)27)10-23(15)9-11-5-12(21)7-13(22)6-11/h2-8,10,24H,9H2,1H3,(H,26,27)/b16-8+. The summed E-state index contributed by atoms with van der Waals surface area (Å²) in [6.45, 7) is 0.0680. The molecule has 0 aliphatic carbocycles. The predicted molar refractivity (Wildman–Crippen MR) is 97.2 cm³/mol. The van der Waals surface area contributed by atoms with E-state index in [-0.39, 0.29) is 12.1 Å². The summed E-state index contributed by atoms with van der Waals surface area (Å²) in [5.41, 5.74) is 1.05. The number of aromatic nitrogens is 1. The minimum absolute atomic E-state index is 0.0680. The lowest BCUT2D eigenvalue weighted by atomic mass is 10.1. The third-order valence-corrected chi connectivity index (χ3v) is 4.12. The van der Waals surface area contributed by atoms with Crippen molar-refractivity contribution >= 4 is 28.4 Å². The summed E-state index contributed by atoms with van der Waals surface area (Å²) in [6.07, 6.45) is 2.05. The Bertz CT molecular complexity index is 1100. The molecule has 2 aromatic carbocycles. The largest absolute Gasteiger partial charge is 0.507 e. The van der Waals surface area contributed by atoms with E-state index < -0.39 is 29.1 Å². The Morgan fingerprint density at radius 1 is 1.14 bits per heavy atom. The van der Waals surface area contributed by atoms with Crippen molar-refractivity contribution in [2.45, 2.75) is 6.54 Å². The maximum Gasteiger partial charge on any atom is 0.376 e. The molecule has 0 aliphatic rings. The Morgan fingerprint density at radius 3 is 2.43 bits per heavy atom. The van der Waals surface area contributed by atoms with Gasteiger partial charge in [0.25, 0.3) is 5.78 Å². The second-order valence-electron chi connectivity index (χ2n) is 6.00. The first-order chi connectivity index (χ1) is 13.3. The van der Waals surface area contributed by atoms with E-state index >= 15 is 0 Å². The van der Waals surface area contributed by atoms with Crippen LogP contribution in [0.3, 0.4) is 0 Å². The zero-order valence-corrected chi connectivity index (χ0v) is 14.6. The molecule has 0 bridgehead atoms. The first-order valence-electron chi connectivity index (χ1n) is 8.09. The number of aliphatic carboxylic acids is 1. The van der Waals surface area contributed by atoms with Gasteiger partial charge in [-0.1, -0.05) is 6.07 Å². The number of carbonyl (C=O) groups is 2. The molecule has 0 fully saturated rings. The number of hydrogen-bond acceptors (Lipinski definition) is 4. The highest BCUT2D eigenvalue weighted by molar-refractivity contribution is 6.38. The highest BCUT2D eigenvalue weighted by Gasteiger charge is 2.18. The van der Waals surface area contributed by atoms with E-state index in [4.69, 9.17) is 9.84 Å². The van der Waals surface area contributed by atoms with E-state index in [1.165, 1.54) is 25.4 Å². The van der Waals surface area contributed by atoms with Gasteiger partial charge in [-0.3, -0.25) is 4.79 Å². The van der Waals surface area contributed by atoms with Crippen molar-refractivity contribution in [1.82, 2.24) is 4.57 Å². The van der Waals surface area contributed by atoms with Crippen molar-refractivity contribution in [1.29, 1.82) is 0 Å². The third-order valence-electron chi connectivity index (χ3n) is 4.12. The number of rotatable bonds is 6. The fourth-order valence-electron chi connectivity index (χ4n) is 2.98. The van der Waals surface area contributed by atoms with Crippen LogP contribution < -0.4 is 4.74 Å². The number of carboxylic acid groups (broad SMARTS) is 1. The van der Waals surface area contributed by atoms with Gasteiger partial charge in [0.2, 0.25) is 0 Å². The van der Waals surface area contributed by atoms with Gasteiger partial charge >= 0.3 is 5.97 Å². The zero-order chi connectivity index (χ0) is 20.4. The molecule has 144 valence electrons. The Hall–Kier alpha value is -3.68. The van der Waals surface area contributed by atoms with Crippen LogP contribution in [0.25, 0.3) is 16.7 Å². The van der Waals surface area contributed by atoms with Crippen LogP contribution in [0.15, 0.2) is 48.7 Å². The Labute approximate surface area is 157 Å². The molecule has 3 aromatic rings. The van der Waals surface area contributed by atoms with Crippen molar-refractivity contribution < 1.29 is 33.3 Å². The summed E-state index contributed by atoms with van der Waals surface area (Å²) in [5, 5.41) is 19.5. The van der Waals surface area contributed by atoms with Crippen LogP contribution in [0.2, 0.25) is 0 Å². The number of carbonyl (C=O) groups excluding carboxylic acids is 1. The monoisotopic (exact) mass is 387 g/mol. The first kappa shape index (κ1) is 19.1. The number of aliphatic hydroxyl groups is 1. The second kappa shape index (κ2) is 7.51. The van der Waals surface area contributed by atoms with Gasteiger partial charge in [-0.25, -0.2) is 13.6 Å². The van der Waals surface area contributed by atoms with Gasteiger partial charge in [-0.15, -0.1) is 0 Å². The quantitative estimate of drug-likeness (QED) is 0.384. The summed E-state index contributed by atoms with van der Waals surface area (Å²) in [7, 11) is 1.42. The van der Waals surface area contributed by atoms with E-state index in [2.05, 4.69) is 0 Å². The maximum absolute atomic E-state index is 13.5. The molecule has 0 radical (unpaired) electrons. The fraction of sp³-hybridized carbons (Fsp3) is 0.100. The number of aliphatic hydroxyl groups excluding tert-OH is 1. The molecule has 0 aliphatic heterocycles. The maximum atomic E-state index is 13.5. The highest BCUT2D eigenvalue weighted by atomic mass is 19.1. The molecule has 1 heterocycles. The van der Waals surface area contributed by atoms with Crippen LogP contribution >= 0.6 is 0 Å². The minimum Gasteiger partial charge on any atom is -0.507 e. The number of ether oxygens (including phenoxy) is 1. The van der Waals surface area contributed by atoms with Crippen molar-refractivity contribution in [3.05, 3.63) is 71.4 Å². The molecule has 3 rings (SSSR count). The van der Waals surface area contributed by atoms with E-state index in [1.807, 2.05) is 0 Å². The van der Waals surface area contributed by atoms with Gasteiger partial charge in [0.15, 0.2) is 0 Å². The third kappa shape index (κ3) is 3.71. The van der Waals surface area contributed by atoms with E-state index in [1.54, 1.807) is 22.8 Å². The molecular formula is C20H15F2NO5. The van der Waals surface area contributed by atoms with Crippen LogP contribution in [0.5, 0.6) is 5.75 Å². The molecule has 8 heteroatoms. The highest BCUT2D eigenvalue weighted by Crippen LogP contribution is 2.34. The van der Waals surface area contributed by atoms with Crippen LogP contribution in [0, 0.1) is 11.6 Å². The molecule has 2 N–H and O–H groups in total. The number of fused-ring (bicyclic) bond motifs is 1.